The number of hydrazone groups is 1. The summed E-state index contributed by atoms with van der Waals surface area (Å²) in [6.07, 6.45) is 4.40. The summed E-state index contributed by atoms with van der Waals surface area (Å²) in [5.41, 5.74) is 2.33. The number of nitrogens with two attached hydrogens (primary N) is 1. The van der Waals surface area contributed by atoms with Crippen LogP contribution in [0.25, 0.3) is 0 Å². The van der Waals surface area contributed by atoms with Crippen molar-refractivity contribution in [3.05, 3.63) is 77.4 Å². The van der Waals surface area contributed by atoms with Crippen LogP contribution < -0.4 is 9.86 Å². The Hall–Kier alpha value is -2.53. The molecule has 0 saturated heterocycles. The summed E-state index contributed by atoms with van der Waals surface area (Å²) >= 11 is 8.47. The van der Waals surface area contributed by atoms with E-state index in [2.05, 4.69) is 25.0 Å². The molecule has 8 nitrogen and oxygen atoms in total. The predicted molar refractivity (Wildman–Crippen MR) is 162 cm³/mol. The highest BCUT2D eigenvalue weighted by atomic mass is 35.5. The van der Waals surface area contributed by atoms with Gasteiger partial charge in [0.05, 0.1) is 30.8 Å². The van der Waals surface area contributed by atoms with Crippen LogP contribution in [0.4, 0.5) is 0 Å². The topological polar surface area (TPSA) is 96.7 Å². The molecule has 1 aliphatic rings. The first kappa shape index (κ1) is 32.5. The SMILES string of the molecule is CC.CC(C)n1ncc(SNC=NCCSN)n1.CN1CCC(c2ccc(Cl)cc2)=N1.c1ccccc1. The van der Waals surface area contributed by atoms with Gasteiger partial charge in [-0.1, -0.05) is 85.9 Å². The lowest BCUT2D eigenvalue weighted by Gasteiger charge is -2.01. The third-order valence-corrected chi connectivity index (χ3v) is 5.69. The van der Waals surface area contributed by atoms with Crippen molar-refractivity contribution in [2.45, 2.75) is 45.2 Å². The van der Waals surface area contributed by atoms with E-state index in [1.54, 1.807) is 17.3 Å². The number of benzene rings is 2. The number of halogens is 1. The van der Waals surface area contributed by atoms with Gasteiger partial charge in [0.15, 0.2) is 5.03 Å². The minimum Gasteiger partial charge on any atom is -0.315 e. The Bertz CT molecular complexity index is 984. The van der Waals surface area contributed by atoms with Gasteiger partial charge in [0.1, 0.15) is 0 Å². The maximum atomic E-state index is 5.80. The van der Waals surface area contributed by atoms with Crippen LogP contribution >= 0.6 is 35.5 Å². The molecule has 0 atom stereocenters. The maximum absolute atomic E-state index is 5.80. The largest absolute Gasteiger partial charge is 0.315 e. The lowest BCUT2D eigenvalue weighted by atomic mass is 10.1. The molecule has 37 heavy (non-hydrogen) atoms. The van der Waals surface area contributed by atoms with Crippen LogP contribution in [0.5, 0.6) is 0 Å². The molecule has 0 fully saturated rings. The quantitative estimate of drug-likeness (QED) is 0.146. The summed E-state index contributed by atoms with van der Waals surface area (Å²) in [6.45, 7) is 9.80. The Morgan fingerprint density at radius 2 is 1.73 bits per heavy atom. The zero-order chi connectivity index (χ0) is 27.3. The van der Waals surface area contributed by atoms with Gasteiger partial charge in [-0.05, 0) is 31.5 Å². The molecule has 2 aromatic carbocycles. The van der Waals surface area contributed by atoms with Gasteiger partial charge in [0.2, 0.25) is 0 Å². The molecule has 1 aromatic heterocycles. The molecule has 0 saturated carbocycles. The van der Waals surface area contributed by atoms with Crippen molar-refractivity contribution in [2.24, 2.45) is 15.2 Å². The van der Waals surface area contributed by atoms with Gasteiger partial charge in [-0.2, -0.15) is 15.0 Å². The second-order valence-corrected chi connectivity index (χ2v) is 9.60. The molecular weight excluding hydrogens is 524 g/mol. The molecule has 0 aliphatic carbocycles. The highest BCUT2D eigenvalue weighted by Crippen LogP contribution is 2.15. The Morgan fingerprint density at radius 3 is 2.22 bits per heavy atom. The molecule has 3 N–H and O–H groups in total. The lowest BCUT2D eigenvalue weighted by molar-refractivity contribution is 0.393. The second kappa shape index (κ2) is 20.5. The highest BCUT2D eigenvalue weighted by Gasteiger charge is 2.12. The average molecular weight is 563 g/mol. The van der Waals surface area contributed by atoms with E-state index in [1.165, 1.54) is 29.5 Å². The summed E-state index contributed by atoms with van der Waals surface area (Å²) in [5.74, 6) is 0.826. The number of hydrogen-bond donors (Lipinski definition) is 2. The van der Waals surface area contributed by atoms with Gasteiger partial charge in [0.25, 0.3) is 0 Å². The molecule has 2 heterocycles. The molecular formula is C26H39ClN8S2. The van der Waals surface area contributed by atoms with E-state index < -0.39 is 0 Å². The number of aliphatic imine (C=N–C) groups is 1. The molecule has 11 heteroatoms. The van der Waals surface area contributed by atoms with E-state index in [0.717, 1.165) is 34.5 Å². The summed E-state index contributed by atoms with van der Waals surface area (Å²) in [6, 6.07) is 20.1. The standard InChI is InChI=1S/C10H11ClN2.C8H16N6S2.C6H6.C2H6/c1-13-7-6-10(12-13)8-2-4-9(11)5-3-8;1-7(2)14-11-5-8(13-14)16-12-6-10-3-4-15-9;1-2-4-6-5-3-1;1-2/h2-5H,6-7H2,1H3;5-7H,3-4,9H2,1-2H3,(H,10,12);1-6H;1-2H3. The first-order chi connectivity index (χ1) is 18.0. The number of aromatic nitrogens is 3. The van der Waals surface area contributed by atoms with E-state index in [-0.39, 0.29) is 6.04 Å². The predicted octanol–water partition coefficient (Wildman–Crippen LogP) is 6.18. The van der Waals surface area contributed by atoms with Crippen molar-refractivity contribution in [3.63, 3.8) is 0 Å². The fourth-order valence-electron chi connectivity index (χ4n) is 2.65. The van der Waals surface area contributed by atoms with E-state index in [0.29, 0.717) is 6.54 Å². The van der Waals surface area contributed by atoms with Gasteiger partial charge in [-0.3, -0.25) is 15.1 Å². The third kappa shape index (κ3) is 14.7. The molecule has 0 spiro atoms. The molecule has 202 valence electrons. The van der Waals surface area contributed by atoms with Gasteiger partial charge < -0.3 is 4.72 Å². The zero-order valence-corrected chi connectivity index (χ0v) is 24.7. The first-order valence-electron chi connectivity index (χ1n) is 12.2. The van der Waals surface area contributed by atoms with Crippen LogP contribution in [0.2, 0.25) is 5.02 Å². The smallest absolute Gasteiger partial charge is 0.159 e. The monoisotopic (exact) mass is 562 g/mol. The number of rotatable bonds is 8. The lowest BCUT2D eigenvalue weighted by Crippen LogP contribution is -2.05. The van der Waals surface area contributed by atoms with Crippen molar-refractivity contribution in [3.8, 4) is 0 Å². The molecule has 4 rings (SSSR count). The van der Waals surface area contributed by atoms with Crippen LogP contribution in [-0.4, -0.2) is 57.9 Å². The molecule has 3 aromatic rings. The normalized spacial score (nSPS) is 12.1. The van der Waals surface area contributed by atoms with E-state index in [9.17, 15) is 0 Å². The summed E-state index contributed by atoms with van der Waals surface area (Å²) in [4.78, 5) is 5.78. The summed E-state index contributed by atoms with van der Waals surface area (Å²) < 4.78 is 2.97. The van der Waals surface area contributed by atoms with Crippen molar-refractivity contribution >= 4 is 47.5 Å². The zero-order valence-electron chi connectivity index (χ0n) is 22.3. The maximum Gasteiger partial charge on any atom is 0.159 e. The third-order valence-electron chi connectivity index (χ3n) is 4.40. The first-order valence-corrected chi connectivity index (χ1v) is 14.4. The number of hydrogen-bond acceptors (Lipinski definition) is 8. The van der Waals surface area contributed by atoms with Crippen LogP contribution in [0.15, 0.2) is 82.0 Å². The minimum atomic E-state index is 0.282. The van der Waals surface area contributed by atoms with Gasteiger partial charge in [-0.25, -0.2) is 0 Å². The Morgan fingerprint density at radius 1 is 1.11 bits per heavy atom. The minimum absolute atomic E-state index is 0.282. The summed E-state index contributed by atoms with van der Waals surface area (Å²) in [7, 11) is 1.99. The van der Waals surface area contributed by atoms with Crippen molar-refractivity contribution in [2.75, 3.05) is 25.9 Å². The molecule has 0 radical (unpaired) electrons. The van der Waals surface area contributed by atoms with Crippen LogP contribution in [0.3, 0.4) is 0 Å². The number of nitrogens with one attached hydrogen (secondary N) is 1. The van der Waals surface area contributed by atoms with Crippen molar-refractivity contribution in [1.82, 2.24) is 24.7 Å². The number of nitrogens with zero attached hydrogens (tertiary/aromatic N) is 6. The highest BCUT2D eigenvalue weighted by molar-refractivity contribution is 7.97. The van der Waals surface area contributed by atoms with E-state index >= 15 is 0 Å². The Balaban J connectivity index is 0.000000290. The van der Waals surface area contributed by atoms with Gasteiger partial charge in [-0.15, -0.1) is 5.10 Å². The Kier molecular flexibility index (Phi) is 18.0. The molecule has 1 aliphatic heterocycles. The molecule has 0 unspecified atom stereocenters. The molecule has 0 amide bonds. The molecule has 0 bridgehead atoms. The fourth-order valence-corrected chi connectivity index (χ4v) is 3.46. The van der Waals surface area contributed by atoms with Crippen LogP contribution in [0.1, 0.15) is 45.7 Å². The van der Waals surface area contributed by atoms with E-state index in [4.69, 9.17) is 16.7 Å². The van der Waals surface area contributed by atoms with Crippen molar-refractivity contribution < 1.29 is 0 Å². The average Bonchev–Trinajstić information content (AvgIpc) is 3.59. The van der Waals surface area contributed by atoms with E-state index in [1.807, 2.05) is 100 Å². The van der Waals surface area contributed by atoms with Crippen LogP contribution in [0, 0.1) is 0 Å². The summed E-state index contributed by atoms with van der Waals surface area (Å²) in [5, 5.41) is 21.6. The van der Waals surface area contributed by atoms with Gasteiger partial charge in [0, 0.05) is 42.7 Å². The van der Waals surface area contributed by atoms with Gasteiger partial charge >= 0.3 is 0 Å². The Labute approximate surface area is 235 Å². The van der Waals surface area contributed by atoms with Crippen LogP contribution in [-0.2, 0) is 0 Å². The van der Waals surface area contributed by atoms with Crippen molar-refractivity contribution in [1.29, 1.82) is 0 Å². The fraction of sp³-hybridized carbons (Fsp3) is 0.385. The second-order valence-electron chi connectivity index (χ2n) is 7.56.